The number of thiazole rings is 1. The number of carboxylic acid groups (broad SMARTS) is 1. The summed E-state index contributed by atoms with van der Waals surface area (Å²) < 4.78 is 0. The van der Waals surface area contributed by atoms with Crippen LogP contribution in [0, 0.1) is 0 Å². The van der Waals surface area contributed by atoms with Gasteiger partial charge in [-0.25, -0.2) is 4.98 Å². The predicted octanol–water partition coefficient (Wildman–Crippen LogP) is -3.21. The first-order valence-electron chi connectivity index (χ1n) is 8.39. The largest absolute Gasteiger partial charge is 1.00 e. The molecule has 2 aromatic rings. The maximum absolute atomic E-state index is 12.9. The molecule has 144 valence electrons. The Morgan fingerprint density at radius 3 is 2.66 bits per heavy atom. The van der Waals surface area contributed by atoms with E-state index in [1.165, 1.54) is 28.0 Å². The van der Waals surface area contributed by atoms with Crippen LogP contribution in [-0.2, 0) is 14.4 Å². The number of aromatic nitrogens is 1. The number of β-lactam (4-membered cyclic amide) rings is 1. The number of carbonyl (C=O) groups is 3. The number of amides is 2. The van der Waals surface area contributed by atoms with Crippen molar-refractivity contribution in [3.63, 3.8) is 0 Å². The monoisotopic (exact) mass is 438 g/mol. The van der Waals surface area contributed by atoms with Gasteiger partial charge in [-0.3, -0.25) is 9.59 Å². The van der Waals surface area contributed by atoms with Gasteiger partial charge in [0.15, 0.2) is 5.13 Å². The van der Waals surface area contributed by atoms with Gasteiger partial charge in [0.25, 0.3) is 5.91 Å². The molecule has 0 aliphatic carbocycles. The SMILES string of the molecule is Nc1nc(/C(=C\c2ccccc2)C(=O)NC2C(=O)N3C(C(=O)[O-])CSC23)cs1.[Na+]. The molecule has 0 bridgehead atoms. The van der Waals surface area contributed by atoms with Crippen molar-refractivity contribution in [2.24, 2.45) is 0 Å². The van der Waals surface area contributed by atoms with E-state index < -0.39 is 35.2 Å². The maximum Gasteiger partial charge on any atom is 1.00 e. The number of nitrogens with one attached hydrogen (secondary N) is 1. The number of anilines is 1. The fourth-order valence-electron chi connectivity index (χ4n) is 3.18. The van der Waals surface area contributed by atoms with Crippen molar-refractivity contribution in [3.05, 3.63) is 47.0 Å². The minimum Gasteiger partial charge on any atom is -0.548 e. The zero-order valence-electron chi connectivity index (χ0n) is 15.4. The Morgan fingerprint density at radius 2 is 2.03 bits per heavy atom. The second kappa shape index (κ2) is 8.88. The molecule has 1 aromatic carbocycles. The summed E-state index contributed by atoms with van der Waals surface area (Å²) in [7, 11) is 0. The van der Waals surface area contributed by atoms with Crippen LogP contribution < -0.4 is 45.7 Å². The maximum atomic E-state index is 12.9. The normalized spacial score (nSPS) is 23.0. The third-order valence-corrected chi connectivity index (χ3v) is 6.58. The van der Waals surface area contributed by atoms with Gasteiger partial charge in [-0.2, -0.15) is 0 Å². The van der Waals surface area contributed by atoms with E-state index in [2.05, 4.69) is 10.3 Å². The molecule has 1 aromatic heterocycles. The van der Waals surface area contributed by atoms with Gasteiger partial charge in [0.05, 0.1) is 23.3 Å². The van der Waals surface area contributed by atoms with Crippen LogP contribution in [0.2, 0.25) is 0 Å². The Labute approximate surface area is 196 Å². The summed E-state index contributed by atoms with van der Waals surface area (Å²) in [6.45, 7) is 0. The summed E-state index contributed by atoms with van der Waals surface area (Å²) in [6, 6.07) is 7.52. The summed E-state index contributed by atoms with van der Waals surface area (Å²) in [4.78, 5) is 41.9. The van der Waals surface area contributed by atoms with Crippen LogP contribution in [0.5, 0.6) is 0 Å². The van der Waals surface area contributed by atoms with Crippen molar-refractivity contribution in [3.8, 4) is 0 Å². The Balaban J connectivity index is 0.00000240. The van der Waals surface area contributed by atoms with Crippen LogP contribution >= 0.6 is 23.1 Å². The van der Waals surface area contributed by atoms with Crippen molar-refractivity contribution in [1.82, 2.24) is 15.2 Å². The fraction of sp³-hybridized carbons (Fsp3) is 0.222. The number of aliphatic carboxylic acids is 1. The zero-order valence-corrected chi connectivity index (χ0v) is 19.0. The van der Waals surface area contributed by atoms with Crippen molar-refractivity contribution < 1.29 is 49.0 Å². The van der Waals surface area contributed by atoms with E-state index in [9.17, 15) is 19.5 Å². The Kier molecular flexibility index (Phi) is 6.69. The first kappa shape index (κ1) is 21.8. The molecule has 4 rings (SSSR count). The number of fused-ring (bicyclic) bond motifs is 1. The molecule has 2 amide bonds. The smallest absolute Gasteiger partial charge is 0.548 e. The third kappa shape index (κ3) is 4.22. The van der Waals surface area contributed by atoms with Crippen LogP contribution in [-0.4, -0.2) is 50.9 Å². The summed E-state index contributed by atoms with van der Waals surface area (Å²) in [6.07, 6.45) is 1.68. The predicted molar refractivity (Wildman–Crippen MR) is 105 cm³/mol. The third-order valence-electron chi connectivity index (χ3n) is 4.55. The number of nitrogen functional groups attached to an aromatic ring is 1. The molecule has 2 fully saturated rings. The molecule has 11 heteroatoms. The Hall–Kier alpha value is -1.85. The van der Waals surface area contributed by atoms with Crippen LogP contribution in [0.4, 0.5) is 5.13 Å². The minimum atomic E-state index is -1.28. The molecule has 3 atom stereocenters. The van der Waals surface area contributed by atoms with Gasteiger partial charge in [0.1, 0.15) is 11.4 Å². The van der Waals surface area contributed by atoms with E-state index in [0.29, 0.717) is 10.8 Å². The molecule has 0 spiro atoms. The van der Waals surface area contributed by atoms with E-state index in [4.69, 9.17) is 5.73 Å². The molecule has 0 radical (unpaired) electrons. The van der Waals surface area contributed by atoms with Crippen molar-refractivity contribution in [2.75, 3.05) is 11.5 Å². The van der Waals surface area contributed by atoms with Gasteiger partial charge in [-0.15, -0.1) is 23.1 Å². The van der Waals surface area contributed by atoms with Crippen LogP contribution in [0.3, 0.4) is 0 Å². The number of hydrogen-bond acceptors (Lipinski definition) is 8. The number of carbonyl (C=O) groups excluding carboxylic acids is 3. The van der Waals surface area contributed by atoms with Gasteiger partial charge < -0.3 is 25.9 Å². The van der Waals surface area contributed by atoms with Gasteiger partial charge >= 0.3 is 29.6 Å². The topological polar surface area (TPSA) is 128 Å². The second-order valence-corrected chi connectivity index (χ2v) is 8.33. The summed E-state index contributed by atoms with van der Waals surface area (Å²) in [5, 5.41) is 15.4. The number of hydrogen-bond donors (Lipinski definition) is 2. The molecule has 2 saturated heterocycles. The molecule has 0 saturated carbocycles. The van der Waals surface area contributed by atoms with Crippen LogP contribution in [0.25, 0.3) is 11.6 Å². The summed E-state index contributed by atoms with van der Waals surface area (Å²) in [5.41, 5.74) is 7.20. The number of benzene rings is 1. The number of nitrogens with zero attached hydrogens (tertiary/aromatic N) is 2. The van der Waals surface area contributed by atoms with Gasteiger partial charge in [0, 0.05) is 11.1 Å². The molecular weight excluding hydrogens is 423 g/mol. The Morgan fingerprint density at radius 1 is 1.31 bits per heavy atom. The number of rotatable bonds is 5. The summed E-state index contributed by atoms with van der Waals surface area (Å²) >= 11 is 2.53. The van der Waals surface area contributed by atoms with E-state index in [0.717, 1.165) is 5.56 Å². The van der Waals surface area contributed by atoms with E-state index in [1.807, 2.05) is 30.3 Å². The minimum absolute atomic E-state index is 0. The molecule has 8 nitrogen and oxygen atoms in total. The molecular formula is C18H15N4NaO4S2. The fourth-order valence-corrected chi connectivity index (χ4v) is 5.21. The average molecular weight is 438 g/mol. The van der Waals surface area contributed by atoms with E-state index in [-0.39, 0.29) is 40.9 Å². The molecule has 3 unspecified atom stereocenters. The first-order chi connectivity index (χ1) is 13.5. The second-order valence-electron chi connectivity index (χ2n) is 6.30. The van der Waals surface area contributed by atoms with Gasteiger partial charge in [-0.1, -0.05) is 30.3 Å². The van der Waals surface area contributed by atoms with Crippen molar-refractivity contribution >= 4 is 57.7 Å². The number of nitrogens with two attached hydrogens (primary N) is 1. The van der Waals surface area contributed by atoms with Crippen molar-refractivity contribution in [1.29, 1.82) is 0 Å². The molecule has 29 heavy (non-hydrogen) atoms. The van der Waals surface area contributed by atoms with Gasteiger partial charge in [-0.05, 0) is 11.6 Å². The molecule has 3 heterocycles. The van der Waals surface area contributed by atoms with Crippen LogP contribution in [0.1, 0.15) is 11.3 Å². The molecule has 2 aliphatic rings. The standard InChI is InChI=1S/C18H16N4O4S2.Na/c19-18-20-11(7-28-18)10(6-9-4-2-1-3-5-9)14(23)21-13-15(24)22-12(17(25)26)8-27-16(13)22;/h1-7,12-13,16H,8H2,(H2,19,20)(H,21,23)(H,25,26);/q;+1/p-1/b10-6+;. The number of thioether (sulfide) groups is 1. The van der Waals surface area contributed by atoms with Gasteiger partial charge in [0.2, 0.25) is 5.91 Å². The zero-order chi connectivity index (χ0) is 19.8. The summed E-state index contributed by atoms with van der Waals surface area (Å²) in [5.74, 6) is -1.92. The van der Waals surface area contributed by atoms with E-state index >= 15 is 0 Å². The quantitative estimate of drug-likeness (QED) is 0.286. The molecule has 3 N–H and O–H groups in total. The van der Waals surface area contributed by atoms with Crippen LogP contribution in [0.15, 0.2) is 35.7 Å². The van der Waals surface area contributed by atoms with Crippen molar-refractivity contribution in [2.45, 2.75) is 17.5 Å². The first-order valence-corrected chi connectivity index (χ1v) is 10.3. The van der Waals surface area contributed by atoms with E-state index in [1.54, 1.807) is 11.5 Å². The number of carboxylic acids is 1. The average Bonchev–Trinajstić information content (AvgIpc) is 3.29. The Bertz CT molecular complexity index is 981. The molecule has 2 aliphatic heterocycles.